The standard InChI is InChI=1S/C13H20N2O4/c1-14(8-9-6-10(16)7-9)11(17)4-5-15-12(18)2-3-13(15)19/h9-10,16H,2-8H2,1H3. The van der Waals surface area contributed by atoms with Crippen LogP contribution in [0.15, 0.2) is 0 Å². The van der Waals surface area contributed by atoms with Gasteiger partial charge in [0.05, 0.1) is 6.10 Å². The van der Waals surface area contributed by atoms with Crippen molar-refractivity contribution in [1.82, 2.24) is 9.80 Å². The number of carbonyl (C=O) groups excluding carboxylic acids is 3. The zero-order valence-corrected chi connectivity index (χ0v) is 11.2. The highest BCUT2D eigenvalue weighted by Crippen LogP contribution is 2.27. The second-order valence-electron chi connectivity index (χ2n) is 5.45. The molecule has 106 valence electrons. The fraction of sp³-hybridized carbons (Fsp3) is 0.769. The average Bonchev–Trinajstić information content (AvgIpc) is 2.64. The number of aliphatic hydroxyl groups excluding tert-OH is 1. The van der Waals surface area contributed by atoms with Crippen molar-refractivity contribution in [3.63, 3.8) is 0 Å². The van der Waals surface area contributed by atoms with Gasteiger partial charge in [-0.15, -0.1) is 0 Å². The molecular weight excluding hydrogens is 248 g/mol. The second-order valence-corrected chi connectivity index (χ2v) is 5.45. The zero-order valence-electron chi connectivity index (χ0n) is 11.2. The summed E-state index contributed by atoms with van der Waals surface area (Å²) in [5.74, 6) is -0.0435. The average molecular weight is 268 g/mol. The summed E-state index contributed by atoms with van der Waals surface area (Å²) in [5, 5.41) is 9.19. The molecule has 2 fully saturated rings. The van der Waals surface area contributed by atoms with Gasteiger partial charge in [-0.3, -0.25) is 19.3 Å². The predicted octanol–water partition coefficient (Wildman–Crippen LogP) is -0.245. The molecule has 0 spiro atoms. The van der Waals surface area contributed by atoms with E-state index < -0.39 is 0 Å². The van der Waals surface area contributed by atoms with Gasteiger partial charge in [-0.25, -0.2) is 0 Å². The lowest BCUT2D eigenvalue weighted by molar-refractivity contribution is -0.139. The van der Waals surface area contributed by atoms with Crippen molar-refractivity contribution in [3.05, 3.63) is 0 Å². The molecule has 3 amide bonds. The summed E-state index contributed by atoms with van der Waals surface area (Å²) in [5.41, 5.74) is 0. The molecule has 0 radical (unpaired) electrons. The second kappa shape index (κ2) is 5.69. The molecule has 0 aromatic rings. The molecule has 1 N–H and O–H groups in total. The minimum absolute atomic E-state index is 0.0612. The van der Waals surface area contributed by atoms with Gasteiger partial charge in [0, 0.05) is 39.4 Å². The molecule has 1 aliphatic heterocycles. The number of hydrogen-bond donors (Lipinski definition) is 1. The normalized spacial score (nSPS) is 26.5. The first-order valence-corrected chi connectivity index (χ1v) is 6.72. The monoisotopic (exact) mass is 268 g/mol. The maximum absolute atomic E-state index is 11.9. The molecule has 1 aliphatic carbocycles. The van der Waals surface area contributed by atoms with Crippen LogP contribution >= 0.6 is 0 Å². The maximum Gasteiger partial charge on any atom is 0.229 e. The van der Waals surface area contributed by atoms with E-state index >= 15 is 0 Å². The Morgan fingerprint density at radius 1 is 1.32 bits per heavy atom. The number of amides is 3. The van der Waals surface area contributed by atoms with Gasteiger partial charge in [-0.1, -0.05) is 0 Å². The molecule has 0 aromatic heterocycles. The summed E-state index contributed by atoms with van der Waals surface area (Å²) >= 11 is 0. The van der Waals surface area contributed by atoms with Crippen LogP contribution in [0.5, 0.6) is 0 Å². The summed E-state index contributed by atoms with van der Waals surface area (Å²) in [6.07, 6.45) is 2.00. The largest absolute Gasteiger partial charge is 0.393 e. The van der Waals surface area contributed by atoms with Crippen LogP contribution in [-0.2, 0) is 14.4 Å². The molecule has 6 heteroatoms. The minimum Gasteiger partial charge on any atom is -0.393 e. The first-order valence-electron chi connectivity index (χ1n) is 6.72. The number of imide groups is 1. The van der Waals surface area contributed by atoms with E-state index in [9.17, 15) is 19.5 Å². The molecule has 2 aliphatic rings. The van der Waals surface area contributed by atoms with E-state index in [0.717, 1.165) is 12.8 Å². The van der Waals surface area contributed by atoms with E-state index in [1.807, 2.05) is 0 Å². The van der Waals surface area contributed by atoms with Crippen molar-refractivity contribution in [2.45, 2.75) is 38.2 Å². The van der Waals surface area contributed by atoms with Crippen molar-refractivity contribution < 1.29 is 19.5 Å². The van der Waals surface area contributed by atoms with Crippen LogP contribution in [-0.4, -0.2) is 58.9 Å². The number of aliphatic hydroxyl groups is 1. The Hall–Kier alpha value is -1.43. The van der Waals surface area contributed by atoms with Gasteiger partial charge in [-0.2, -0.15) is 0 Å². The van der Waals surface area contributed by atoms with Gasteiger partial charge in [0.1, 0.15) is 0 Å². The van der Waals surface area contributed by atoms with Crippen LogP contribution in [0.1, 0.15) is 32.1 Å². The lowest BCUT2D eigenvalue weighted by Gasteiger charge is -2.34. The fourth-order valence-corrected chi connectivity index (χ4v) is 2.61. The van der Waals surface area contributed by atoms with Crippen molar-refractivity contribution in [1.29, 1.82) is 0 Å². The van der Waals surface area contributed by atoms with Gasteiger partial charge in [0.2, 0.25) is 17.7 Å². The van der Waals surface area contributed by atoms with Crippen LogP contribution in [0.3, 0.4) is 0 Å². The fourth-order valence-electron chi connectivity index (χ4n) is 2.61. The molecule has 6 nitrogen and oxygen atoms in total. The third-order valence-corrected chi connectivity index (χ3v) is 3.87. The van der Waals surface area contributed by atoms with Gasteiger partial charge >= 0.3 is 0 Å². The Morgan fingerprint density at radius 3 is 2.42 bits per heavy atom. The molecule has 0 aromatic carbocycles. The highest BCUT2D eigenvalue weighted by atomic mass is 16.3. The summed E-state index contributed by atoms with van der Waals surface area (Å²) < 4.78 is 0. The van der Waals surface area contributed by atoms with Gasteiger partial charge in [0.15, 0.2) is 0 Å². The molecule has 0 atom stereocenters. The maximum atomic E-state index is 11.9. The summed E-state index contributed by atoms with van der Waals surface area (Å²) in [4.78, 5) is 37.5. The Kier molecular flexibility index (Phi) is 4.19. The topological polar surface area (TPSA) is 77.9 Å². The first-order chi connectivity index (χ1) is 8.97. The van der Waals surface area contributed by atoms with Gasteiger partial charge < -0.3 is 10.0 Å². The lowest BCUT2D eigenvalue weighted by atomic mass is 9.82. The third-order valence-electron chi connectivity index (χ3n) is 3.87. The van der Waals surface area contributed by atoms with Gasteiger partial charge in [-0.05, 0) is 18.8 Å². The summed E-state index contributed by atoms with van der Waals surface area (Å²) in [6.45, 7) is 0.825. The van der Waals surface area contributed by atoms with Gasteiger partial charge in [0.25, 0.3) is 0 Å². The van der Waals surface area contributed by atoms with E-state index in [1.54, 1.807) is 11.9 Å². The van der Waals surface area contributed by atoms with Crippen molar-refractivity contribution in [2.24, 2.45) is 5.92 Å². The predicted molar refractivity (Wildman–Crippen MR) is 66.9 cm³/mol. The molecule has 1 saturated heterocycles. The van der Waals surface area contributed by atoms with Crippen LogP contribution in [0.25, 0.3) is 0 Å². The number of rotatable bonds is 5. The molecule has 0 bridgehead atoms. The number of hydrogen-bond acceptors (Lipinski definition) is 4. The Balaban J connectivity index is 1.71. The highest BCUT2D eigenvalue weighted by Gasteiger charge is 2.31. The molecular formula is C13H20N2O4. The van der Waals surface area contributed by atoms with Crippen LogP contribution in [0.4, 0.5) is 0 Å². The molecule has 0 unspecified atom stereocenters. The molecule has 1 saturated carbocycles. The molecule has 1 heterocycles. The van der Waals surface area contributed by atoms with E-state index in [2.05, 4.69) is 0 Å². The third kappa shape index (κ3) is 3.32. The van der Waals surface area contributed by atoms with Crippen molar-refractivity contribution >= 4 is 17.7 Å². The van der Waals surface area contributed by atoms with Crippen molar-refractivity contribution in [3.8, 4) is 0 Å². The van der Waals surface area contributed by atoms with E-state index in [1.165, 1.54) is 4.90 Å². The zero-order chi connectivity index (χ0) is 14.0. The lowest BCUT2D eigenvalue weighted by Crippen LogP contribution is -2.41. The quantitative estimate of drug-likeness (QED) is 0.698. The van der Waals surface area contributed by atoms with Crippen molar-refractivity contribution in [2.75, 3.05) is 20.1 Å². The van der Waals surface area contributed by atoms with E-state index in [4.69, 9.17) is 0 Å². The van der Waals surface area contributed by atoms with E-state index in [0.29, 0.717) is 12.5 Å². The highest BCUT2D eigenvalue weighted by molar-refractivity contribution is 6.02. The minimum atomic E-state index is -0.214. The Bertz CT molecular complexity index is 374. The SMILES string of the molecule is CN(CC1CC(O)C1)C(=O)CCN1C(=O)CCC1=O. The van der Waals surface area contributed by atoms with Crippen LogP contribution in [0, 0.1) is 5.92 Å². The van der Waals surface area contributed by atoms with Crippen LogP contribution in [0.2, 0.25) is 0 Å². The molecule has 2 rings (SSSR count). The smallest absolute Gasteiger partial charge is 0.229 e. The first kappa shape index (κ1) is 14.0. The number of likely N-dealkylation sites (tertiary alicyclic amines) is 1. The van der Waals surface area contributed by atoms with E-state index in [-0.39, 0.29) is 49.6 Å². The Labute approximate surface area is 112 Å². The molecule has 19 heavy (non-hydrogen) atoms. The Morgan fingerprint density at radius 2 is 1.89 bits per heavy atom. The summed E-state index contributed by atoms with van der Waals surface area (Å²) in [7, 11) is 1.72. The number of carbonyl (C=O) groups is 3. The van der Waals surface area contributed by atoms with Crippen LogP contribution < -0.4 is 0 Å². The summed E-state index contributed by atoms with van der Waals surface area (Å²) in [6, 6.07) is 0. The number of nitrogens with zero attached hydrogens (tertiary/aromatic N) is 2.